The van der Waals surface area contributed by atoms with Gasteiger partial charge in [0.25, 0.3) is 11.8 Å². The van der Waals surface area contributed by atoms with Crippen LogP contribution in [-0.4, -0.2) is 58.3 Å². The summed E-state index contributed by atoms with van der Waals surface area (Å²) in [4.78, 5) is 41.9. The summed E-state index contributed by atoms with van der Waals surface area (Å²) in [5.74, 6) is -1.51. The van der Waals surface area contributed by atoms with E-state index >= 15 is 0 Å². The fourth-order valence-corrected chi connectivity index (χ4v) is 3.82. The smallest absolute Gasteiger partial charge is 0.324 e. The second kappa shape index (κ2) is 5.60. The van der Waals surface area contributed by atoms with Crippen LogP contribution in [0, 0.1) is 5.82 Å². The number of urea groups is 1. The molecule has 2 saturated heterocycles. The third-order valence-corrected chi connectivity index (χ3v) is 5.22. The molecule has 10 heteroatoms. The van der Waals surface area contributed by atoms with Crippen LogP contribution in [0.2, 0.25) is 10.0 Å². The summed E-state index contributed by atoms with van der Waals surface area (Å²) in [6, 6.07) is 1.46. The molecule has 130 valence electrons. The Kier molecular flexibility index (Phi) is 3.62. The minimum Gasteiger partial charge on any atom is -0.349 e. The van der Waals surface area contributed by atoms with Gasteiger partial charge < -0.3 is 14.8 Å². The van der Waals surface area contributed by atoms with Crippen molar-refractivity contribution in [2.24, 2.45) is 0 Å². The van der Waals surface area contributed by atoms with E-state index in [1.807, 2.05) is 0 Å². The normalized spacial score (nSPS) is 20.2. The standard InChI is InChI=1S/C15H11Cl2FN4O3/c16-10-6(18)1-2-7-9(10)11(17)12(19-7)14(24)21-3-4-22-8(5-21)13(23)20-15(22)25/h1-2,8,19H,3-5H2,(H,20,23,25). The highest BCUT2D eigenvalue weighted by molar-refractivity contribution is 6.44. The summed E-state index contributed by atoms with van der Waals surface area (Å²) in [7, 11) is 0. The van der Waals surface area contributed by atoms with Gasteiger partial charge >= 0.3 is 6.03 Å². The number of hydrogen-bond donors (Lipinski definition) is 2. The zero-order valence-electron chi connectivity index (χ0n) is 12.6. The van der Waals surface area contributed by atoms with Crippen molar-refractivity contribution in [2.45, 2.75) is 6.04 Å². The van der Waals surface area contributed by atoms with E-state index in [0.29, 0.717) is 5.52 Å². The summed E-state index contributed by atoms with van der Waals surface area (Å²) < 4.78 is 13.6. The number of imide groups is 1. The molecule has 1 atom stereocenters. The van der Waals surface area contributed by atoms with E-state index in [0.717, 1.165) is 0 Å². The topological polar surface area (TPSA) is 85.5 Å². The number of halogens is 3. The van der Waals surface area contributed by atoms with E-state index in [2.05, 4.69) is 10.3 Å². The first-order chi connectivity index (χ1) is 11.9. The molecule has 0 aliphatic carbocycles. The lowest BCUT2D eigenvalue weighted by Gasteiger charge is -2.35. The van der Waals surface area contributed by atoms with Gasteiger partial charge in [-0.3, -0.25) is 14.9 Å². The van der Waals surface area contributed by atoms with E-state index in [4.69, 9.17) is 23.2 Å². The fraction of sp³-hybridized carbons (Fsp3) is 0.267. The maximum absolute atomic E-state index is 13.6. The van der Waals surface area contributed by atoms with Crippen molar-refractivity contribution in [1.29, 1.82) is 0 Å². The highest BCUT2D eigenvalue weighted by Crippen LogP contribution is 2.35. The molecule has 2 fully saturated rings. The fourth-order valence-electron chi connectivity index (χ4n) is 3.18. The van der Waals surface area contributed by atoms with Crippen LogP contribution in [0.1, 0.15) is 10.5 Å². The number of nitrogens with zero attached hydrogens (tertiary/aromatic N) is 2. The summed E-state index contributed by atoms with van der Waals surface area (Å²) in [5, 5.41) is 2.32. The predicted octanol–water partition coefficient (Wildman–Crippen LogP) is 1.99. The Hall–Kier alpha value is -2.32. The number of H-pyrrole nitrogens is 1. The maximum Gasteiger partial charge on any atom is 0.324 e. The molecule has 25 heavy (non-hydrogen) atoms. The summed E-state index contributed by atoms with van der Waals surface area (Å²) in [5.41, 5.74) is 0.509. The Balaban J connectivity index is 1.67. The number of aromatic nitrogens is 1. The van der Waals surface area contributed by atoms with Crippen molar-refractivity contribution >= 4 is 52.0 Å². The van der Waals surface area contributed by atoms with Crippen LogP contribution in [0.4, 0.5) is 9.18 Å². The monoisotopic (exact) mass is 384 g/mol. The second-order valence-corrected chi connectivity index (χ2v) is 6.61. The van der Waals surface area contributed by atoms with Crippen LogP contribution in [0.3, 0.4) is 0 Å². The number of aromatic amines is 1. The molecule has 2 aromatic rings. The molecule has 1 aromatic heterocycles. The molecule has 0 radical (unpaired) electrons. The van der Waals surface area contributed by atoms with Crippen LogP contribution in [0.15, 0.2) is 12.1 Å². The van der Waals surface area contributed by atoms with Crippen molar-refractivity contribution in [3.05, 3.63) is 33.7 Å². The van der Waals surface area contributed by atoms with Gasteiger partial charge in [-0.25, -0.2) is 9.18 Å². The minimum absolute atomic E-state index is 0.0267. The Bertz CT molecular complexity index is 944. The lowest BCUT2D eigenvalue weighted by molar-refractivity contribution is -0.122. The number of carbonyl (C=O) groups is 3. The molecule has 4 amide bonds. The number of fused-ring (bicyclic) bond motifs is 2. The Morgan fingerprint density at radius 3 is 2.72 bits per heavy atom. The number of amides is 4. The van der Waals surface area contributed by atoms with Gasteiger partial charge in [0.2, 0.25) is 0 Å². The van der Waals surface area contributed by atoms with Crippen molar-refractivity contribution in [1.82, 2.24) is 20.1 Å². The molecule has 4 rings (SSSR count). The first kappa shape index (κ1) is 16.2. The summed E-state index contributed by atoms with van der Waals surface area (Å²) >= 11 is 12.2. The first-order valence-electron chi connectivity index (χ1n) is 7.44. The molecule has 7 nitrogen and oxygen atoms in total. The van der Waals surface area contributed by atoms with Gasteiger partial charge in [0.1, 0.15) is 17.6 Å². The van der Waals surface area contributed by atoms with Crippen LogP contribution in [-0.2, 0) is 4.79 Å². The quantitative estimate of drug-likeness (QED) is 0.737. The number of hydrogen-bond acceptors (Lipinski definition) is 3. The Morgan fingerprint density at radius 2 is 1.96 bits per heavy atom. The van der Waals surface area contributed by atoms with Gasteiger partial charge in [-0.15, -0.1) is 0 Å². The van der Waals surface area contributed by atoms with E-state index in [-0.39, 0.29) is 40.8 Å². The van der Waals surface area contributed by atoms with Gasteiger partial charge in [0.15, 0.2) is 0 Å². The lowest BCUT2D eigenvalue weighted by atomic mass is 10.1. The number of nitrogens with one attached hydrogen (secondary N) is 2. The predicted molar refractivity (Wildman–Crippen MR) is 88.2 cm³/mol. The lowest BCUT2D eigenvalue weighted by Crippen LogP contribution is -2.54. The van der Waals surface area contributed by atoms with Crippen molar-refractivity contribution in [3.8, 4) is 0 Å². The summed E-state index contributed by atoms with van der Waals surface area (Å²) in [6.07, 6.45) is 0. The van der Waals surface area contributed by atoms with Crippen LogP contribution < -0.4 is 5.32 Å². The third kappa shape index (κ3) is 2.36. The van der Waals surface area contributed by atoms with Gasteiger partial charge in [0.05, 0.1) is 16.6 Å². The maximum atomic E-state index is 13.6. The number of piperazine rings is 1. The molecule has 0 saturated carbocycles. The van der Waals surface area contributed by atoms with Gasteiger partial charge in [-0.2, -0.15) is 0 Å². The van der Waals surface area contributed by atoms with E-state index in [1.165, 1.54) is 21.9 Å². The third-order valence-electron chi connectivity index (χ3n) is 4.47. The second-order valence-electron chi connectivity index (χ2n) is 5.85. The first-order valence-corrected chi connectivity index (χ1v) is 8.20. The Morgan fingerprint density at radius 1 is 1.20 bits per heavy atom. The molecule has 1 unspecified atom stereocenters. The minimum atomic E-state index is -0.714. The van der Waals surface area contributed by atoms with Crippen molar-refractivity contribution in [2.75, 3.05) is 19.6 Å². The number of carbonyl (C=O) groups excluding carboxylic acids is 3. The van der Waals surface area contributed by atoms with Gasteiger partial charge in [0, 0.05) is 24.0 Å². The van der Waals surface area contributed by atoms with Gasteiger partial charge in [-0.05, 0) is 12.1 Å². The summed E-state index contributed by atoms with van der Waals surface area (Å²) in [6.45, 7) is 0.551. The van der Waals surface area contributed by atoms with E-state index in [9.17, 15) is 18.8 Å². The molecular formula is C15H11Cl2FN4O3. The average Bonchev–Trinajstić information content (AvgIpc) is 3.08. The largest absolute Gasteiger partial charge is 0.349 e. The van der Waals surface area contributed by atoms with Crippen molar-refractivity contribution < 1.29 is 18.8 Å². The van der Waals surface area contributed by atoms with Crippen LogP contribution in [0.5, 0.6) is 0 Å². The number of rotatable bonds is 1. The van der Waals surface area contributed by atoms with Crippen molar-refractivity contribution in [3.63, 3.8) is 0 Å². The van der Waals surface area contributed by atoms with Gasteiger partial charge in [-0.1, -0.05) is 23.2 Å². The molecular weight excluding hydrogens is 374 g/mol. The van der Waals surface area contributed by atoms with E-state index in [1.54, 1.807) is 0 Å². The molecule has 2 aliphatic rings. The zero-order valence-corrected chi connectivity index (χ0v) is 14.1. The SMILES string of the molecule is O=C1NC(=O)N2CCN(C(=O)c3[nH]c4ccc(F)c(Cl)c4c3Cl)CC12. The molecule has 0 spiro atoms. The molecule has 1 aromatic carbocycles. The highest BCUT2D eigenvalue weighted by Gasteiger charge is 2.43. The average molecular weight is 385 g/mol. The number of benzene rings is 1. The Labute approximate surface area is 150 Å². The molecule has 2 aliphatic heterocycles. The highest BCUT2D eigenvalue weighted by atomic mass is 35.5. The van der Waals surface area contributed by atoms with Crippen LogP contribution >= 0.6 is 23.2 Å². The molecule has 3 heterocycles. The molecule has 0 bridgehead atoms. The molecule has 2 N–H and O–H groups in total. The van der Waals surface area contributed by atoms with E-state index < -0.39 is 29.7 Å². The van der Waals surface area contributed by atoms with Crippen LogP contribution in [0.25, 0.3) is 10.9 Å². The zero-order chi connectivity index (χ0) is 17.9.